The van der Waals surface area contributed by atoms with Gasteiger partial charge in [0, 0.05) is 12.0 Å². The third-order valence-electron chi connectivity index (χ3n) is 5.54. The fourth-order valence-electron chi connectivity index (χ4n) is 4.15. The van der Waals surface area contributed by atoms with Crippen molar-refractivity contribution in [2.45, 2.75) is 59.2 Å². The van der Waals surface area contributed by atoms with Crippen LogP contribution in [0, 0.1) is 5.92 Å². The Morgan fingerprint density at radius 1 is 1.04 bits per heavy atom. The molecule has 0 unspecified atom stereocenters. The summed E-state index contributed by atoms with van der Waals surface area (Å²) in [6, 6.07) is 11.2. The average molecular weight is 373 g/mol. The molecule has 0 bridgehead atoms. The summed E-state index contributed by atoms with van der Waals surface area (Å²) in [5, 5.41) is 12.8. The molecule has 0 aliphatic carbocycles. The zero-order chi connectivity index (χ0) is 19.4. The van der Waals surface area contributed by atoms with E-state index >= 15 is 0 Å². The summed E-state index contributed by atoms with van der Waals surface area (Å²) in [7, 11) is 0. The molecule has 0 spiro atoms. The number of tetrazole rings is 1. The second-order valence-corrected chi connectivity index (χ2v) is 9.37. The standard InChI is InChI=1S/C21H34N6/c1-17(2)15-19(20-22-23-24-27(20)21(3,4)5)26-13-11-25(12-14-26)16-18-9-7-6-8-10-18/h6-10,17,19H,11-16H2,1-5H3/p+2/t19-/m0/s1. The molecule has 3 rings (SSSR count). The Labute approximate surface area is 163 Å². The molecule has 1 aromatic carbocycles. The van der Waals surface area contributed by atoms with Gasteiger partial charge in [0.2, 0.25) is 5.82 Å². The molecule has 1 atom stereocenters. The summed E-state index contributed by atoms with van der Waals surface area (Å²) in [5.74, 6) is 1.68. The van der Waals surface area contributed by atoms with E-state index in [0.717, 1.165) is 18.8 Å². The monoisotopic (exact) mass is 372 g/mol. The topological polar surface area (TPSA) is 52.5 Å². The number of hydrogen-bond acceptors (Lipinski definition) is 3. The van der Waals surface area contributed by atoms with Gasteiger partial charge >= 0.3 is 0 Å². The summed E-state index contributed by atoms with van der Waals surface area (Å²) in [6.07, 6.45) is 1.12. The van der Waals surface area contributed by atoms with E-state index in [9.17, 15) is 0 Å². The second-order valence-electron chi connectivity index (χ2n) is 9.37. The zero-order valence-corrected chi connectivity index (χ0v) is 17.6. The Bertz CT molecular complexity index is 695. The maximum absolute atomic E-state index is 4.47. The number of piperazine rings is 1. The van der Waals surface area contributed by atoms with E-state index < -0.39 is 0 Å². The number of aromatic nitrogens is 4. The number of quaternary nitrogens is 2. The molecular weight excluding hydrogens is 336 g/mol. The summed E-state index contributed by atoms with van der Waals surface area (Å²) in [5.41, 5.74) is 1.35. The molecule has 6 heteroatoms. The van der Waals surface area contributed by atoms with E-state index in [0.29, 0.717) is 12.0 Å². The highest BCUT2D eigenvalue weighted by atomic mass is 15.6. The first-order valence-electron chi connectivity index (χ1n) is 10.4. The Kier molecular flexibility index (Phi) is 6.27. The van der Waals surface area contributed by atoms with Crippen LogP contribution in [0.15, 0.2) is 30.3 Å². The fraction of sp³-hybridized carbons (Fsp3) is 0.667. The van der Waals surface area contributed by atoms with Gasteiger partial charge in [-0.2, -0.15) is 0 Å². The number of hydrogen-bond donors (Lipinski definition) is 2. The number of nitrogens with one attached hydrogen (secondary N) is 2. The van der Waals surface area contributed by atoms with E-state index in [1.54, 1.807) is 9.80 Å². The molecule has 2 heterocycles. The van der Waals surface area contributed by atoms with Gasteiger partial charge < -0.3 is 9.80 Å². The van der Waals surface area contributed by atoms with Crippen LogP contribution in [0.5, 0.6) is 0 Å². The first kappa shape index (κ1) is 20.0. The van der Waals surface area contributed by atoms with Crippen molar-refractivity contribution >= 4 is 0 Å². The summed E-state index contributed by atoms with van der Waals surface area (Å²) < 4.78 is 2.04. The minimum Gasteiger partial charge on any atom is -0.322 e. The molecule has 0 saturated carbocycles. The summed E-state index contributed by atoms with van der Waals surface area (Å²) in [4.78, 5) is 3.32. The van der Waals surface area contributed by atoms with E-state index in [-0.39, 0.29) is 5.54 Å². The molecule has 148 valence electrons. The van der Waals surface area contributed by atoms with Crippen LogP contribution in [0.1, 0.15) is 58.5 Å². The molecule has 0 amide bonds. The zero-order valence-electron chi connectivity index (χ0n) is 17.6. The van der Waals surface area contributed by atoms with Crippen LogP contribution in [0.4, 0.5) is 0 Å². The van der Waals surface area contributed by atoms with Crippen LogP contribution >= 0.6 is 0 Å². The predicted molar refractivity (Wildman–Crippen MR) is 107 cm³/mol. The van der Waals surface area contributed by atoms with Gasteiger partial charge in [-0.15, -0.1) is 5.10 Å². The van der Waals surface area contributed by atoms with Crippen LogP contribution in [-0.2, 0) is 12.1 Å². The van der Waals surface area contributed by atoms with Crippen LogP contribution in [-0.4, -0.2) is 46.4 Å². The number of nitrogens with zero attached hydrogens (tertiary/aromatic N) is 4. The molecule has 1 aliphatic rings. The first-order chi connectivity index (χ1) is 12.8. The highest BCUT2D eigenvalue weighted by Crippen LogP contribution is 2.21. The van der Waals surface area contributed by atoms with Crippen LogP contribution in [0.2, 0.25) is 0 Å². The maximum atomic E-state index is 4.47. The Hall–Kier alpha value is -1.79. The first-order valence-corrected chi connectivity index (χ1v) is 10.4. The molecule has 6 nitrogen and oxygen atoms in total. The van der Waals surface area contributed by atoms with Gasteiger partial charge in [-0.3, -0.25) is 0 Å². The van der Waals surface area contributed by atoms with Crippen molar-refractivity contribution in [1.29, 1.82) is 0 Å². The highest BCUT2D eigenvalue weighted by molar-refractivity contribution is 5.13. The molecule has 1 aliphatic heterocycles. The smallest absolute Gasteiger partial charge is 0.209 e. The van der Waals surface area contributed by atoms with Crippen molar-refractivity contribution in [1.82, 2.24) is 20.2 Å². The van der Waals surface area contributed by atoms with Crippen molar-refractivity contribution < 1.29 is 9.80 Å². The van der Waals surface area contributed by atoms with Gasteiger partial charge in [-0.25, -0.2) is 4.68 Å². The van der Waals surface area contributed by atoms with Gasteiger partial charge in [0.05, 0.1) is 5.54 Å². The average Bonchev–Trinajstić information content (AvgIpc) is 3.11. The lowest BCUT2D eigenvalue weighted by Crippen LogP contribution is -3.27. The van der Waals surface area contributed by atoms with Crippen molar-refractivity contribution in [3.05, 3.63) is 41.7 Å². The van der Waals surface area contributed by atoms with Crippen molar-refractivity contribution in [3.8, 4) is 0 Å². The Morgan fingerprint density at radius 2 is 1.70 bits per heavy atom. The summed E-state index contributed by atoms with van der Waals surface area (Å²) >= 11 is 0. The molecule has 2 N–H and O–H groups in total. The Balaban J connectivity index is 1.70. The third-order valence-corrected chi connectivity index (χ3v) is 5.54. The minimum atomic E-state index is -0.0894. The van der Waals surface area contributed by atoms with Crippen LogP contribution < -0.4 is 9.80 Å². The molecule has 1 aromatic heterocycles. The third kappa shape index (κ3) is 5.14. The lowest BCUT2D eigenvalue weighted by Gasteiger charge is -2.35. The molecule has 1 saturated heterocycles. The van der Waals surface area contributed by atoms with E-state index in [4.69, 9.17) is 0 Å². The van der Waals surface area contributed by atoms with Crippen molar-refractivity contribution in [2.75, 3.05) is 26.2 Å². The van der Waals surface area contributed by atoms with Gasteiger partial charge in [0.25, 0.3) is 0 Å². The second kappa shape index (κ2) is 8.48. The largest absolute Gasteiger partial charge is 0.322 e. The quantitative estimate of drug-likeness (QED) is 0.776. The van der Waals surface area contributed by atoms with Gasteiger partial charge in [-0.05, 0) is 37.1 Å². The van der Waals surface area contributed by atoms with Gasteiger partial charge in [-0.1, -0.05) is 44.2 Å². The normalized spacial score (nSPS) is 22.1. The van der Waals surface area contributed by atoms with E-state index in [2.05, 4.69) is 80.5 Å². The van der Waals surface area contributed by atoms with Gasteiger partial charge in [0.1, 0.15) is 32.7 Å². The van der Waals surface area contributed by atoms with E-state index in [1.807, 2.05) is 4.68 Å². The molecule has 0 radical (unpaired) electrons. The minimum absolute atomic E-state index is 0.0894. The van der Waals surface area contributed by atoms with Crippen LogP contribution in [0.3, 0.4) is 0 Å². The number of benzene rings is 1. The highest BCUT2D eigenvalue weighted by Gasteiger charge is 2.36. The Morgan fingerprint density at radius 3 is 2.30 bits per heavy atom. The van der Waals surface area contributed by atoms with E-state index in [1.165, 1.54) is 31.7 Å². The molecular formula is C21H36N6+2. The van der Waals surface area contributed by atoms with Crippen molar-refractivity contribution in [3.63, 3.8) is 0 Å². The van der Waals surface area contributed by atoms with Crippen LogP contribution in [0.25, 0.3) is 0 Å². The lowest BCUT2D eigenvalue weighted by molar-refractivity contribution is -1.03. The maximum Gasteiger partial charge on any atom is 0.209 e. The summed E-state index contributed by atoms with van der Waals surface area (Å²) in [6.45, 7) is 17.0. The SMILES string of the molecule is CC(C)C[C@@H](c1nnnn1C(C)(C)C)[NH+]1CC[NH+](Cc2ccccc2)CC1. The fourth-order valence-corrected chi connectivity index (χ4v) is 4.15. The number of rotatable bonds is 6. The molecule has 27 heavy (non-hydrogen) atoms. The predicted octanol–water partition coefficient (Wildman–Crippen LogP) is 0.499. The molecule has 1 fully saturated rings. The molecule has 2 aromatic rings. The lowest BCUT2D eigenvalue weighted by atomic mass is 9.99. The van der Waals surface area contributed by atoms with Gasteiger partial charge in [0.15, 0.2) is 6.04 Å². The van der Waals surface area contributed by atoms with Crippen molar-refractivity contribution in [2.24, 2.45) is 5.92 Å².